The largest absolute Gasteiger partial charge is 0.725 e. The molecule has 0 spiro atoms. The average Bonchev–Trinajstić information content (AvgIpc) is 2.58. The summed E-state index contributed by atoms with van der Waals surface area (Å²) in [4.78, 5) is 45.4. The highest BCUT2D eigenvalue weighted by molar-refractivity contribution is 6.66. The van der Waals surface area contributed by atoms with Crippen molar-refractivity contribution in [2.24, 2.45) is 0 Å². The molecule has 1 aromatic rings. The number of hydrogen-bond donors (Lipinski definition) is 1. The highest BCUT2D eigenvalue weighted by atomic mass is 28.4. The summed E-state index contributed by atoms with van der Waals surface area (Å²) >= 11 is 0. The Morgan fingerprint density at radius 2 is 1.07 bits per heavy atom. The van der Waals surface area contributed by atoms with Crippen molar-refractivity contribution < 1.29 is 59.1 Å². The van der Waals surface area contributed by atoms with Crippen LogP contribution < -0.4 is 10.1 Å². The molecule has 0 saturated heterocycles. The van der Waals surface area contributed by atoms with E-state index in [1.54, 1.807) is 5.32 Å². The van der Waals surface area contributed by atoms with Gasteiger partial charge in [0.1, 0.15) is 6.17 Å². The van der Waals surface area contributed by atoms with E-state index in [4.69, 9.17) is 0 Å². The molecule has 160 valence electrons. The fraction of sp³-hybridized carbons (Fsp3) is 0.286. The molecule has 0 radical (unpaired) electrons. The molecule has 9 nitrogen and oxygen atoms in total. The second-order valence-corrected chi connectivity index (χ2v) is 7.44. The third kappa shape index (κ3) is 6.13. The van der Waals surface area contributed by atoms with E-state index >= 15 is 0 Å². The fourth-order valence-corrected chi connectivity index (χ4v) is 3.83. The molecule has 0 atom stereocenters. The average molecular weight is 445 g/mol. The van der Waals surface area contributed by atoms with Gasteiger partial charge in [0.2, 0.25) is 34.8 Å². The van der Waals surface area contributed by atoms with Crippen LogP contribution in [0.2, 0.25) is 0 Å². The van der Waals surface area contributed by atoms with Gasteiger partial charge in [0.15, 0.2) is 0 Å². The maximum Gasteiger partial charge on any atom is 0.725 e. The smallest absolute Gasteiger partial charge is 0.454 e. The topological polar surface area (TPSA) is 117 Å². The molecule has 0 aliphatic carbocycles. The van der Waals surface area contributed by atoms with Gasteiger partial charge in [-0.05, 0) is 0 Å². The molecule has 0 unspecified atom stereocenters. The first-order valence-electron chi connectivity index (χ1n) is 7.35. The molecule has 0 heterocycles. The normalized spacial score (nSPS) is 10.8. The van der Waals surface area contributed by atoms with Gasteiger partial charge in [-0.1, -0.05) is 0 Å². The van der Waals surface area contributed by atoms with Crippen molar-refractivity contribution in [3.05, 3.63) is 29.1 Å². The Hall–Kier alpha value is -3.23. The van der Waals surface area contributed by atoms with Crippen molar-refractivity contribution in [2.45, 2.75) is 20.8 Å². The first kappa shape index (κ1) is 23.8. The molecule has 1 aromatic carbocycles. The number of benzene rings is 1. The molecule has 1 N–H and O–H groups in total. The van der Waals surface area contributed by atoms with E-state index in [9.17, 15) is 41.1 Å². The zero-order valence-corrected chi connectivity index (χ0v) is 15.9. The fourth-order valence-electron chi connectivity index (χ4n) is 1.81. The number of ether oxygens (including phenoxy) is 1. The Bertz CT molecular complexity index is 795. The van der Waals surface area contributed by atoms with E-state index in [1.165, 1.54) is 0 Å². The standard InChI is InChI=1S/C14H12F5NO8Si/c1-5(21)26-29(27-6(2)22,28-7(3)23)4-20-14(24)25-13-11(18)9(16)8(15)10(17)12(13)19/h4H2,1-3H3,(H,20,24). The van der Waals surface area contributed by atoms with Crippen molar-refractivity contribution in [1.29, 1.82) is 0 Å². The van der Waals surface area contributed by atoms with Crippen LogP contribution in [-0.2, 0) is 27.7 Å². The van der Waals surface area contributed by atoms with Gasteiger partial charge in [-0.15, -0.1) is 0 Å². The maximum atomic E-state index is 13.5. The van der Waals surface area contributed by atoms with E-state index in [-0.39, 0.29) is 0 Å². The van der Waals surface area contributed by atoms with Crippen molar-refractivity contribution in [3.63, 3.8) is 0 Å². The molecule has 0 fully saturated rings. The minimum absolute atomic E-state index is 0.849. The van der Waals surface area contributed by atoms with Crippen LogP contribution in [0.25, 0.3) is 0 Å². The zero-order chi connectivity index (χ0) is 22.5. The van der Waals surface area contributed by atoms with Gasteiger partial charge in [0.25, 0.3) is 17.9 Å². The van der Waals surface area contributed by atoms with Gasteiger partial charge in [-0.2, -0.15) is 8.78 Å². The SMILES string of the molecule is CC(=O)O[Si](CNC(=O)Oc1c(F)c(F)c(F)c(F)c1F)(OC(C)=O)OC(C)=O. The summed E-state index contributed by atoms with van der Waals surface area (Å²) in [5, 5.41) is 1.69. The minimum atomic E-state index is -4.58. The lowest BCUT2D eigenvalue weighted by atomic mass is 10.3. The van der Waals surface area contributed by atoms with Crippen LogP contribution in [0.4, 0.5) is 26.7 Å². The van der Waals surface area contributed by atoms with Crippen LogP contribution in [0.3, 0.4) is 0 Å². The summed E-state index contributed by atoms with van der Waals surface area (Å²) in [5.41, 5.74) is 0. The van der Waals surface area contributed by atoms with Crippen LogP contribution in [0.15, 0.2) is 0 Å². The Morgan fingerprint density at radius 3 is 1.41 bits per heavy atom. The lowest BCUT2D eigenvalue weighted by Crippen LogP contribution is -2.58. The number of carbonyl (C=O) groups is 4. The third-order valence-corrected chi connectivity index (χ3v) is 5.12. The van der Waals surface area contributed by atoms with Gasteiger partial charge in [0, 0.05) is 20.8 Å². The number of halogens is 5. The number of rotatable bonds is 6. The molecule has 0 aromatic heterocycles. The predicted octanol–water partition coefficient (Wildman–Crippen LogP) is 1.64. The van der Waals surface area contributed by atoms with Gasteiger partial charge < -0.3 is 23.3 Å². The van der Waals surface area contributed by atoms with E-state index in [0.717, 1.165) is 20.8 Å². The molecule has 0 aliphatic heterocycles. The molecule has 1 amide bonds. The van der Waals surface area contributed by atoms with E-state index in [2.05, 4.69) is 18.0 Å². The molecule has 0 aliphatic rings. The molecular formula is C14H12F5NO8Si. The third-order valence-electron chi connectivity index (χ3n) is 2.71. The Labute approximate surface area is 160 Å². The zero-order valence-electron chi connectivity index (χ0n) is 14.9. The number of hydrogen-bond acceptors (Lipinski definition) is 8. The minimum Gasteiger partial charge on any atom is -0.454 e. The lowest BCUT2D eigenvalue weighted by molar-refractivity contribution is -0.147. The Kier molecular flexibility index (Phi) is 7.64. The van der Waals surface area contributed by atoms with Crippen molar-refractivity contribution in [3.8, 4) is 5.75 Å². The van der Waals surface area contributed by atoms with Crippen LogP contribution in [-0.4, -0.2) is 39.0 Å². The van der Waals surface area contributed by atoms with Gasteiger partial charge in [-0.3, -0.25) is 14.4 Å². The summed E-state index contributed by atoms with van der Waals surface area (Å²) in [6, 6.07) is 0. The van der Waals surface area contributed by atoms with E-state index in [1.807, 2.05) is 0 Å². The molecule has 1 rings (SSSR count). The molecule has 29 heavy (non-hydrogen) atoms. The van der Waals surface area contributed by atoms with E-state index in [0.29, 0.717) is 0 Å². The highest BCUT2D eigenvalue weighted by Crippen LogP contribution is 2.29. The Morgan fingerprint density at radius 1 is 0.724 bits per heavy atom. The van der Waals surface area contributed by atoms with Crippen LogP contribution in [0.1, 0.15) is 20.8 Å². The van der Waals surface area contributed by atoms with Gasteiger partial charge in [0.05, 0.1) is 0 Å². The number of carbonyl (C=O) groups excluding carboxylic acids is 4. The predicted molar refractivity (Wildman–Crippen MR) is 81.3 cm³/mol. The summed E-state index contributed by atoms with van der Waals surface area (Å²) < 4.78 is 84.4. The number of nitrogens with one attached hydrogen (secondary N) is 1. The second-order valence-electron chi connectivity index (χ2n) is 5.11. The quantitative estimate of drug-likeness (QED) is 0.304. The summed E-state index contributed by atoms with van der Waals surface area (Å²) in [6.45, 7) is 2.55. The summed E-state index contributed by atoms with van der Waals surface area (Å²) in [5.74, 6) is -17.2. The lowest BCUT2D eigenvalue weighted by Gasteiger charge is -2.26. The van der Waals surface area contributed by atoms with Crippen molar-refractivity contribution >= 4 is 32.8 Å². The summed E-state index contributed by atoms with van der Waals surface area (Å²) in [7, 11) is -4.58. The number of amides is 1. The first-order valence-corrected chi connectivity index (χ1v) is 9.28. The monoisotopic (exact) mass is 445 g/mol. The van der Waals surface area contributed by atoms with Gasteiger partial charge >= 0.3 is 14.9 Å². The maximum absolute atomic E-state index is 13.5. The van der Waals surface area contributed by atoms with Crippen LogP contribution >= 0.6 is 0 Å². The van der Waals surface area contributed by atoms with E-state index < -0.39 is 73.8 Å². The van der Waals surface area contributed by atoms with Crippen LogP contribution in [0, 0.1) is 29.1 Å². The van der Waals surface area contributed by atoms with Crippen LogP contribution in [0.5, 0.6) is 5.75 Å². The van der Waals surface area contributed by atoms with Crippen molar-refractivity contribution in [2.75, 3.05) is 6.17 Å². The molecule has 15 heteroatoms. The first-order chi connectivity index (χ1) is 13.3. The highest BCUT2D eigenvalue weighted by Gasteiger charge is 2.52. The second kappa shape index (κ2) is 9.31. The Balaban J connectivity index is 3.09. The summed E-state index contributed by atoms with van der Waals surface area (Å²) in [6.07, 6.45) is -2.84. The van der Waals surface area contributed by atoms with Crippen molar-refractivity contribution in [1.82, 2.24) is 5.32 Å². The molecular weight excluding hydrogens is 433 g/mol. The molecule has 0 bridgehead atoms. The van der Waals surface area contributed by atoms with Gasteiger partial charge in [-0.25, -0.2) is 18.0 Å². The molecule has 0 saturated carbocycles.